The van der Waals surface area contributed by atoms with Crippen molar-refractivity contribution in [3.05, 3.63) is 65.2 Å². The number of hydrogen-bond acceptors (Lipinski definition) is 2. The Kier molecular flexibility index (Phi) is 3.78. The van der Waals surface area contributed by atoms with Gasteiger partial charge in [-0.15, -0.1) is 0 Å². The Labute approximate surface area is 132 Å². The van der Waals surface area contributed by atoms with E-state index in [0.717, 1.165) is 24.8 Å². The quantitative estimate of drug-likeness (QED) is 0.758. The predicted octanol–water partition coefficient (Wildman–Crippen LogP) is 4.79. The fourth-order valence-electron chi connectivity index (χ4n) is 3.65. The number of rotatable bonds is 3. The van der Waals surface area contributed by atoms with Crippen molar-refractivity contribution in [1.82, 2.24) is 0 Å². The Hall–Kier alpha value is -2.09. The molecule has 1 atom stereocenters. The Morgan fingerprint density at radius 1 is 1.18 bits per heavy atom. The standard InChI is InChI=1S/C20H23NO/c1-15-12-20(2,3)21(13-16-7-5-4-6-8-16)19-10-9-17(14-22)11-18(15)19/h4-11,14-15H,12-13H2,1-3H3. The number of fused-ring (bicyclic) bond motifs is 1. The SMILES string of the molecule is CC1CC(C)(C)N(Cc2ccccc2)c2ccc(C=O)cc21. The lowest BCUT2D eigenvalue weighted by Gasteiger charge is -2.47. The Bertz CT molecular complexity index is 675. The zero-order valence-corrected chi connectivity index (χ0v) is 13.5. The lowest BCUT2D eigenvalue weighted by atomic mass is 9.79. The molecule has 2 aromatic rings. The van der Waals surface area contributed by atoms with Crippen molar-refractivity contribution < 1.29 is 4.79 Å². The monoisotopic (exact) mass is 293 g/mol. The van der Waals surface area contributed by atoms with Gasteiger partial charge in [0, 0.05) is 23.3 Å². The molecule has 0 radical (unpaired) electrons. The van der Waals surface area contributed by atoms with Crippen molar-refractivity contribution >= 4 is 12.0 Å². The summed E-state index contributed by atoms with van der Waals surface area (Å²) >= 11 is 0. The average Bonchev–Trinajstić information content (AvgIpc) is 2.51. The van der Waals surface area contributed by atoms with Crippen molar-refractivity contribution in [2.75, 3.05) is 4.90 Å². The van der Waals surface area contributed by atoms with Gasteiger partial charge in [0.05, 0.1) is 0 Å². The highest BCUT2D eigenvalue weighted by Crippen LogP contribution is 2.44. The molecule has 0 saturated carbocycles. The fraction of sp³-hybridized carbons (Fsp3) is 0.350. The number of carbonyl (C=O) groups excluding carboxylic acids is 1. The summed E-state index contributed by atoms with van der Waals surface area (Å²) < 4.78 is 0. The summed E-state index contributed by atoms with van der Waals surface area (Å²) in [6.07, 6.45) is 2.03. The van der Waals surface area contributed by atoms with Gasteiger partial charge in [-0.1, -0.05) is 37.3 Å². The molecular formula is C20H23NO. The van der Waals surface area contributed by atoms with Gasteiger partial charge in [-0.2, -0.15) is 0 Å². The molecule has 2 heteroatoms. The predicted molar refractivity (Wildman–Crippen MR) is 91.6 cm³/mol. The van der Waals surface area contributed by atoms with Crippen molar-refractivity contribution in [2.24, 2.45) is 0 Å². The molecule has 22 heavy (non-hydrogen) atoms. The summed E-state index contributed by atoms with van der Waals surface area (Å²) in [5, 5.41) is 0. The topological polar surface area (TPSA) is 20.3 Å². The third kappa shape index (κ3) is 2.66. The minimum Gasteiger partial charge on any atom is -0.362 e. The van der Waals surface area contributed by atoms with E-state index in [1.54, 1.807) is 0 Å². The maximum atomic E-state index is 11.1. The maximum Gasteiger partial charge on any atom is 0.150 e. The summed E-state index contributed by atoms with van der Waals surface area (Å²) in [5.41, 5.74) is 4.74. The Balaban J connectivity index is 2.04. The number of nitrogens with zero attached hydrogens (tertiary/aromatic N) is 1. The van der Waals surface area contributed by atoms with Crippen LogP contribution in [0.5, 0.6) is 0 Å². The van der Waals surface area contributed by atoms with Crippen LogP contribution in [-0.4, -0.2) is 11.8 Å². The molecule has 2 aromatic carbocycles. The molecule has 0 spiro atoms. The summed E-state index contributed by atoms with van der Waals surface area (Å²) in [6.45, 7) is 7.77. The normalized spacial score (nSPS) is 19.6. The highest BCUT2D eigenvalue weighted by atomic mass is 16.1. The number of carbonyl (C=O) groups is 1. The lowest BCUT2D eigenvalue weighted by Crippen LogP contribution is -2.47. The number of benzene rings is 2. The van der Waals surface area contributed by atoms with Crippen LogP contribution in [0, 0.1) is 0 Å². The summed E-state index contributed by atoms with van der Waals surface area (Å²) in [5.74, 6) is 0.469. The van der Waals surface area contributed by atoms with E-state index < -0.39 is 0 Å². The first kappa shape index (κ1) is 14.8. The van der Waals surface area contributed by atoms with Crippen LogP contribution in [-0.2, 0) is 6.54 Å². The van der Waals surface area contributed by atoms with Gasteiger partial charge < -0.3 is 4.90 Å². The third-order valence-corrected chi connectivity index (χ3v) is 4.73. The molecular weight excluding hydrogens is 270 g/mol. The summed E-state index contributed by atoms with van der Waals surface area (Å²) in [7, 11) is 0. The number of anilines is 1. The molecule has 1 aliphatic rings. The average molecular weight is 293 g/mol. The van der Waals surface area contributed by atoms with E-state index in [4.69, 9.17) is 0 Å². The van der Waals surface area contributed by atoms with Gasteiger partial charge in [0.2, 0.25) is 0 Å². The van der Waals surface area contributed by atoms with Crippen LogP contribution in [0.3, 0.4) is 0 Å². The Morgan fingerprint density at radius 2 is 1.91 bits per heavy atom. The minimum atomic E-state index is 0.102. The van der Waals surface area contributed by atoms with Gasteiger partial charge >= 0.3 is 0 Å². The summed E-state index contributed by atoms with van der Waals surface area (Å²) in [6, 6.07) is 16.7. The molecule has 0 saturated heterocycles. The van der Waals surface area contributed by atoms with Crippen LogP contribution in [0.1, 0.15) is 54.6 Å². The molecule has 2 nitrogen and oxygen atoms in total. The van der Waals surface area contributed by atoms with Crippen LogP contribution >= 0.6 is 0 Å². The molecule has 0 fully saturated rings. The van der Waals surface area contributed by atoms with Gasteiger partial charge in [0.15, 0.2) is 0 Å². The molecule has 3 rings (SSSR count). The van der Waals surface area contributed by atoms with Crippen molar-refractivity contribution in [2.45, 2.75) is 45.2 Å². The van der Waals surface area contributed by atoms with E-state index >= 15 is 0 Å². The van der Waals surface area contributed by atoms with Crippen LogP contribution < -0.4 is 4.90 Å². The molecule has 0 aliphatic carbocycles. The smallest absolute Gasteiger partial charge is 0.150 e. The molecule has 0 aromatic heterocycles. The van der Waals surface area contributed by atoms with Crippen LogP contribution in [0.4, 0.5) is 5.69 Å². The molecule has 0 amide bonds. The number of hydrogen-bond donors (Lipinski definition) is 0. The van der Waals surface area contributed by atoms with E-state index in [1.807, 2.05) is 6.07 Å². The molecule has 1 unspecified atom stereocenters. The molecule has 0 N–H and O–H groups in total. The second kappa shape index (κ2) is 5.60. The fourth-order valence-corrected chi connectivity index (χ4v) is 3.65. The summed E-state index contributed by atoms with van der Waals surface area (Å²) in [4.78, 5) is 13.6. The molecule has 1 aliphatic heterocycles. The second-order valence-corrected chi connectivity index (χ2v) is 6.93. The first-order valence-electron chi connectivity index (χ1n) is 7.92. The largest absolute Gasteiger partial charge is 0.362 e. The highest BCUT2D eigenvalue weighted by molar-refractivity contribution is 5.77. The van der Waals surface area contributed by atoms with E-state index in [9.17, 15) is 4.79 Å². The van der Waals surface area contributed by atoms with E-state index in [1.165, 1.54) is 16.8 Å². The zero-order chi connectivity index (χ0) is 15.7. The maximum absolute atomic E-state index is 11.1. The van der Waals surface area contributed by atoms with Crippen molar-refractivity contribution in [1.29, 1.82) is 0 Å². The highest BCUT2D eigenvalue weighted by Gasteiger charge is 2.36. The number of aldehydes is 1. The first-order valence-corrected chi connectivity index (χ1v) is 7.92. The van der Waals surface area contributed by atoms with E-state index in [2.05, 4.69) is 68.1 Å². The van der Waals surface area contributed by atoms with Crippen LogP contribution in [0.25, 0.3) is 0 Å². The van der Waals surface area contributed by atoms with Crippen LogP contribution in [0.2, 0.25) is 0 Å². The minimum absolute atomic E-state index is 0.102. The van der Waals surface area contributed by atoms with E-state index in [-0.39, 0.29) is 5.54 Å². The first-order chi connectivity index (χ1) is 10.5. The van der Waals surface area contributed by atoms with Gasteiger partial charge in [-0.25, -0.2) is 0 Å². The Morgan fingerprint density at radius 3 is 2.59 bits per heavy atom. The van der Waals surface area contributed by atoms with Crippen molar-refractivity contribution in [3.63, 3.8) is 0 Å². The molecule has 114 valence electrons. The van der Waals surface area contributed by atoms with E-state index in [0.29, 0.717) is 5.92 Å². The molecule has 0 bridgehead atoms. The lowest BCUT2D eigenvalue weighted by molar-refractivity contribution is 0.112. The van der Waals surface area contributed by atoms with Gasteiger partial charge in [-0.3, -0.25) is 4.79 Å². The van der Waals surface area contributed by atoms with Gasteiger partial charge in [0.25, 0.3) is 0 Å². The van der Waals surface area contributed by atoms with Crippen molar-refractivity contribution in [3.8, 4) is 0 Å². The third-order valence-electron chi connectivity index (χ3n) is 4.73. The zero-order valence-electron chi connectivity index (χ0n) is 13.5. The molecule has 1 heterocycles. The second-order valence-electron chi connectivity index (χ2n) is 6.93. The van der Waals surface area contributed by atoms with Gasteiger partial charge in [-0.05, 0) is 55.5 Å². The van der Waals surface area contributed by atoms with Crippen LogP contribution in [0.15, 0.2) is 48.5 Å². The van der Waals surface area contributed by atoms with Gasteiger partial charge in [0.1, 0.15) is 6.29 Å².